The molecule has 148 valence electrons. The van der Waals surface area contributed by atoms with Gasteiger partial charge in [-0.25, -0.2) is 9.98 Å². The van der Waals surface area contributed by atoms with Crippen molar-refractivity contribution >= 4 is 17.3 Å². The van der Waals surface area contributed by atoms with Crippen molar-refractivity contribution in [1.82, 2.24) is 15.6 Å². The van der Waals surface area contributed by atoms with E-state index in [1.807, 2.05) is 51.2 Å². The van der Waals surface area contributed by atoms with Crippen LogP contribution < -0.4 is 15.4 Å². The summed E-state index contributed by atoms with van der Waals surface area (Å²) in [5.74, 6) is 1.43. The van der Waals surface area contributed by atoms with Gasteiger partial charge in [0.2, 0.25) is 0 Å². The van der Waals surface area contributed by atoms with Gasteiger partial charge < -0.3 is 20.5 Å². The van der Waals surface area contributed by atoms with Crippen LogP contribution in [0.5, 0.6) is 5.75 Å². The van der Waals surface area contributed by atoms with Crippen LogP contribution in [-0.2, 0) is 13.0 Å². The van der Waals surface area contributed by atoms with Crippen molar-refractivity contribution in [2.24, 2.45) is 4.99 Å². The summed E-state index contributed by atoms with van der Waals surface area (Å²) >= 11 is 1.68. The topological polar surface area (TPSA) is 78.8 Å². The van der Waals surface area contributed by atoms with Crippen molar-refractivity contribution in [3.05, 3.63) is 45.9 Å². The molecule has 0 aliphatic rings. The van der Waals surface area contributed by atoms with Crippen molar-refractivity contribution < 1.29 is 9.84 Å². The van der Waals surface area contributed by atoms with Crippen LogP contribution in [0.1, 0.15) is 49.2 Å². The number of guanidine groups is 1. The van der Waals surface area contributed by atoms with E-state index in [0.29, 0.717) is 19.0 Å². The highest BCUT2D eigenvalue weighted by molar-refractivity contribution is 7.11. The molecule has 1 unspecified atom stereocenters. The minimum atomic E-state index is -0.656. The molecule has 1 atom stereocenters. The van der Waals surface area contributed by atoms with Gasteiger partial charge in [-0.2, -0.15) is 0 Å². The predicted octanol–water partition coefficient (Wildman–Crippen LogP) is 3.28. The number of benzene rings is 1. The van der Waals surface area contributed by atoms with Crippen LogP contribution >= 0.6 is 11.3 Å². The monoisotopic (exact) mass is 390 g/mol. The lowest BCUT2D eigenvalue weighted by atomic mass is 10.1. The standard InChI is InChI=1S/C20H30N4O2S/c1-5-17-11-22-19(27-17)13-24-20(21-6-2)23-12-18(25)15-8-7-9-16(10-15)26-14(3)4/h7-11,14,18,25H,5-6,12-13H2,1-4H3,(H2,21,23,24). The van der Waals surface area contributed by atoms with Gasteiger partial charge in [-0.05, 0) is 44.9 Å². The first kappa shape index (κ1) is 21.2. The Balaban J connectivity index is 1.94. The number of nitrogens with zero attached hydrogens (tertiary/aromatic N) is 2. The summed E-state index contributed by atoms with van der Waals surface area (Å²) in [6.07, 6.45) is 2.34. The number of ether oxygens (including phenoxy) is 1. The van der Waals surface area contributed by atoms with Gasteiger partial charge in [0.05, 0.1) is 18.8 Å². The number of aromatic nitrogens is 1. The van der Waals surface area contributed by atoms with Crippen molar-refractivity contribution in [3.63, 3.8) is 0 Å². The lowest BCUT2D eigenvalue weighted by molar-refractivity contribution is 0.179. The zero-order chi connectivity index (χ0) is 19.6. The molecule has 0 spiro atoms. The second-order valence-corrected chi connectivity index (χ2v) is 7.60. The largest absolute Gasteiger partial charge is 0.491 e. The van der Waals surface area contributed by atoms with Crippen molar-refractivity contribution in [3.8, 4) is 5.75 Å². The molecule has 7 heteroatoms. The van der Waals surface area contributed by atoms with Crippen LogP contribution in [0.25, 0.3) is 0 Å². The summed E-state index contributed by atoms with van der Waals surface area (Å²) in [5.41, 5.74) is 0.809. The number of aryl methyl sites for hydroxylation is 1. The Morgan fingerprint density at radius 2 is 2.11 bits per heavy atom. The molecule has 0 radical (unpaired) electrons. The highest BCUT2D eigenvalue weighted by Crippen LogP contribution is 2.20. The summed E-state index contributed by atoms with van der Waals surface area (Å²) in [7, 11) is 0. The van der Waals surface area contributed by atoms with E-state index in [1.54, 1.807) is 11.3 Å². The van der Waals surface area contributed by atoms with Gasteiger partial charge in [0.15, 0.2) is 5.96 Å². The third-order valence-corrected chi connectivity index (χ3v) is 4.87. The molecule has 6 nitrogen and oxygen atoms in total. The minimum Gasteiger partial charge on any atom is -0.491 e. The fourth-order valence-electron chi connectivity index (χ4n) is 2.45. The van der Waals surface area contributed by atoms with E-state index in [0.717, 1.165) is 29.3 Å². The van der Waals surface area contributed by atoms with Gasteiger partial charge in [0.1, 0.15) is 10.8 Å². The SMILES string of the molecule is CCNC(=NCc1ncc(CC)s1)NCC(O)c1cccc(OC(C)C)c1. The molecular weight excluding hydrogens is 360 g/mol. The highest BCUT2D eigenvalue weighted by atomic mass is 32.1. The molecule has 2 rings (SSSR count). The summed E-state index contributed by atoms with van der Waals surface area (Å²) in [6, 6.07) is 7.56. The van der Waals surface area contributed by atoms with Gasteiger partial charge >= 0.3 is 0 Å². The number of nitrogens with one attached hydrogen (secondary N) is 2. The molecule has 2 aromatic rings. The third-order valence-electron chi connectivity index (χ3n) is 3.74. The van der Waals surface area contributed by atoms with Gasteiger partial charge in [0.25, 0.3) is 0 Å². The Bertz CT molecular complexity index is 730. The van der Waals surface area contributed by atoms with Gasteiger partial charge in [-0.15, -0.1) is 11.3 Å². The molecular formula is C20H30N4O2S. The molecule has 0 aliphatic carbocycles. The molecule has 0 bridgehead atoms. The van der Waals surface area contributed by atoms with Crippen LogP contribution in [-0.4, -0.2) is 35.2 Å². The van der Waals surface area contributed by atoms with E-state index in [4.69, 9.17) is 4.74 Å². The van der Waals surface area contributed by atoms with Gasteiger partial charge in [-0.1, -0.05) is 19.1 Å². The molecule has 3 N–H and O–H groups in total. The van der Waals surface area contributed by atoms with Crippen molar-refractivity contribution in [1.29, 1.82) is 0 Å². The second kappa shape index (κ2) is 10.9. The minimum absolute atomic E-state index is 0.0992. The predicted molar refractivity (Wildman–Crippen MR) is 111 cm³/mol. The maximum absolute atomic E-state index is 10.5. The number of aliphatic hydroxyl groups excluding tert-OH is 1. The van der Waals surface area contributed by atoms with Gasteiger partial charge in [-0.3, -0.25) is 0 Å². The second-order valence-electron chi connectivity index (χ2n) is 6.40. The Morgan fingerprint density at radius 3 is 2.78 bits per heavy atom. The lowest BCUT2D eigenvalue weighted by Crippen LogP contribution is -2.39. The molecule has 0 fully saturated rings. The van der Waals surface area contributed by atoms with E-state index in [2.05, 4.69) is 27.5 Å². The fraction of sp³-hybridized carbons (Fsp3) is 0.500. The number of hydrogen-bond donors (Lipinski definition) is 3. The van der Waals surface area contributed by atoms with Crippen molar-refractivity contribution in [2.75, 3.05) is 13.1 Å². The third kappa shape index (κ3) is 7.19. The van der Waals surface area contributed by atoms with Crippen LogP contribution in [0.15, 0.2) is 35.5 Å². The number of hydrogen-bond acceptors (Lipinski definition) is 5. The average molecular weight is 391 g/mol. The lowest BCUT2D eigenvalue weighted by Gasteiger charge is -2.17. The van der Waals surface area contributed by atoms with E-state index in [9.17, 15) is 5.11 Å². The van der Waals surface area contributed by atoms with Crippen LogP contribution in [0.3, 0.4) is 0 Å². The number of aliphatic hydroxyl groups is 1. The molecule has 0 amide bonds. The highest BCUT2D eigenvalue weighted by Gasteiger charge is 2.10. The first-order valence-electron chi connectivity index (χ1n) is 9.42. The van der Waals surface area contributed by atoms with E-state index in [1.165, 1.54) is 4.88 Å². The zero-order valence-corrected chi connectivity index (χ0v) is 17.3. The Kier molecular flexibility index (Phi) is 8.54. The normalized spacial score (nSPS) is 12.9. The molecule has 1 heterocycles. The molecule has 27 heavy (non-hydrogen) atoms. The maximum atomic E-state index is 10.5. The fourth-order valence-corrected chi connectivity index (χ4v) is 3.24. The zero-order valence-electron chi connectivity index (χ0n) is 16.5. The molecule has 1 aromatic carbocycles. The summed E-state index contributed by atoms with van der Waals surface area (Å²) < 4.78 is 5.69. The quantitative estimate of drug-likeness (QED) is 0.452. The first-order valence-corrected chi connectivity index (χ1v) is 10.2. The Labute approximate surface area is 165 Å². The summed E-state index contributed by atoms with van der Waals surface area (Å²) in [6.45, 7) is 9.72. The smallest absolute Gasteiger partial charge is 0.191 e. The molecule has 0 saturated carbocycles. The average Bonchev–Trinajstić information content (AvgIpc) is 3.11. The van der Waals surface area contributed by atoms with Crippen molar-refractivity contribution in [2.45, 2.75) is 52.9 Å². The maximum Gasteiger partial charge on any atom is 0.191 e. The van der Waals surface area contributed by atoms with Crippen LogP contribution in [0, 0.1) is 0 Å². The first-order chi connectivity index (χ1) is 13.0. The van der Waals surface area contributed by atoms with Crippen LogP contribution in [0.4, 0.5) is 0 Å². The number of thiazole rings is 1. The van der Waals surface area contributed by atoms with E-state index >= 15 is 0 Å². The van der Waals surface area contributed by atoms with E-state index < -0.39 is 6.10 Å². The summed E-state index contributed by atoms with van der Waals surface area (Å²) in [4.78, 5) is 10.2. The Hall–Kier alpha value is -2.12. The molecule has 1 aromatic heterocycles. The van der Waals surface area contributed by atoms with Crippen LogP contribution in [0.2, 0.25) is 0 Å². The summed E-state index contributed by atoms with van der Waals surface area (Å²) in [5, 5.41) is 17.9. The van der Waals surface area contributed by atoms with E-state index in [-0.39, 0.29) is 6.10 Å². The number of aliphatic imine (C=N–C) groups is 1. The Morgan fingerprint density at radius 1 is 1.30 bits per heavy atom. The van der Waals surface area contributed by atoms with Gasteiger partial charge in [0, 0.05) is 24.2 Å². The number of rotatable bonds is 9. The molecule has 0 saturated heterocycles. The molecule has 0 aliphatic heterocycles.